The van der Waals surface area contributed by atoms with Gasteiger partial charge in [-0.2, -0.15) is 0 Å². The summed E-state index contributed by atoms with van der Waals surface area (Å²) in [5.41, 5.74) is 6.46. The Bertz CT molecular complexity index is 1080. The van der Waals surface area contributed by atoms with Gasteiger partial charge in [-0.1, -0.05) is 46.6 Å². The summed E-state index contributed by atoms with van der Waals surface area (Å²) in [5.74, 6) is 0.310. The number of allylic oxidation sites excluding steroid dienone is 7. The fraction of sp³-hybridized carbons (Fsp3) is 0.517. The lowest BCUT2D eigenvalue weighted by atomic mass is 10.0. The van der Waals surface area contributed by atoms with Crippen molar-refractivity contribution < 1.29 is 13.2 Å². The lowest BCUT2D eigenvalue weighted by Gasteiger charge is -2.17. The molecule has 1 aromatic rings. The molecule has 1 amide bonds. The SMILES string of the molecule is CC(C)=CCCC(C)=CCCC(C)=CCCC(C)=CSCC(Nc1ccc(C)cn1)C(=O)NS(C)(=O)=O. The van der Waals surface area contributed by atoms with Crippen LogP contribution in [0.1, 0.15) is 78.7 Å². The minimum absolute atomic E-state index is 0.377. The predicted octanol–water partition coefficient (Wildman–Crippen LogP) is 7.08. The number of sulfonamides is 1. The first kappa shape index (κ1) is 32.7. The molecule has 0 radical (unpaired) electrons. The van der Waals surface area contributed by atoms with Crippen LogP contribution in [0, 0.1) is 6.92 Å². The van der Waals surface area contributed by atoms with Gasteiger partial charge in [0.15, 0.2) is 0 Å². The molecule has 8 heteroatoms. The number of aromatic nitrogens is 1. The van der Waals surface area contributed by atoms with Crippen molar-refractivity contribution in [2.24, 2.45) is 0 Å². The Morgan fingerprint density at radius 3 is 2.03 bits per heavy atom. The molecule has 0 aliphatic carbocycles. The molecule has 2 N–H and O–H groups in total. The number of carbonyl (C=O) groups is 1. The Labute approximate surface area is 229 Å². The van der Waals surface area contributed by atoms with E-state index in [9.17, 15) is 13.2 Å². The molecule has 0 spiro atoms. The molecule has 0 aromatic carbocycles. The van der Waals surface area contributed by atoms with Crippen molar-refractivity contribution in [2.75, 3.05) is 17.3 Å². The third-order valence-corrected chi connectivity index (χ3v) is 7.20. The first-order valence-electron chi connectivity index (χ1n) is 12.8. The first-order chi connectivity index (χ1) is 17.4. The van der Waals surface area contributed by atoms with Crippen LogP contribution >= 0.6 is 11.8 Å². The maximum atomic E-state index is 12.5. The summed E-state index contributed by atoms with van der Waals surface area (Å²) in [6.45, 7) is 12.7. The molecule has 0 saturated heterocycles. The second kappa shape index (κ2) is 17.2. The number of nitrogens with zero attached hydrogens (tertiary/aromatic N) is 1. The zero-order valence-corrected chi connectivity index (χ0v) is 25.2. The topological polar surface area (TPSA) is 88.2 Å². The summed E-state index contributed by atoms with van der Waals surface area (Å²) in [5, 5.41) is 5.10. The molecule has 0 aliphatic heterocycles. The zero-order chi connectivity index (χ0) is 27.8. The Hall–Kier alpha value is -2.32. The van der Waals surface area contributed by atoms with Crippen molar-refractivity contribution in [1.82, 2.24) is 9.71 Å². The highest BCUT2D eigenvalue weighted by Gasteiger charge is 2.21. The van der Waals surface area contributed by atoms with Crippen molar-refractivity contribution in [3.63, 3.8) is 0 Å². The van der Waals surface area contributed by atoms with E-state index in [0.717, 1.165) is 50.3 Å². The van der Waals surface area contributed by atoms with Gasteiger partial charge in [-0.25, -0.2) is 13.4 Å². The van der Waals surface area contributed by atoms with E-state index in [0.29, 0.717) is 11.6 Å². The average Bonchev–Trinajstić information content (AvgIpc) is 2.78. The van der Waals surface area contributed by atoms with Gasteiger partial charge in [0.1, 0.15) is 11.9 Å². The quantitative estimate of drug-likeness (QED) is 0.215. The number of hydrogen-bond acceptors (Lipinski definition) is 6. The fourth-order valence-electron chi connectivity index (χ4n) is 3.40. The van der Waals surface area contributed by atoms with Gasteiger partial charge in [-0.15, -0.1) is 11.8 Å². The molecule has 1 unspecified atom stereocenters. The number of carbonyl (C=O) groups excluding carboxylic acids is 1. The minimum atomic E-state index is -3.65. The van der Waals surface area contributed by atoms with E-state index >= 15 is 0 Å². The number of rotatable bonds is 16. The van der Waals surface area contributed by atoms with Crippen molar-refractivity contribution >= 4 is 33.5 Å². The Kier molecular flexibility index (Phi) is 15.2. The van der Waals surface area contributed by atoms with Crippen LogP contribution < -0.4 is 10.0 Å². The number of pyridine rings is 1. The highest BCUT2D eigenvalue weighted by Crippen LogP contribution is 2.17. The summed E-state index contributed by atoms with van der Waals surface area (Å²) < 4.78 is 25.2. The summed E-state index contributed by atoms with van der Waals surface area (Å²) in [4.78, 5) is 16.8. The molecule has 0 aliphatic rings. The van der Waals surface area contributed by atoms with Crippen molar-refractivity contribution in [1.29, 1.82) is 0 Å². The molecular weight excluding hydrogens is 502 g/mol. The second-order valence-electron chi connectivity index (χ2n) is 9.95. The first-order valence-corrected chi connectivity index (χ1v) is 15.7. The molecule has 1 heterocycles. The van der Waals surface area contributed by atoms with Crippen LogP contribution in [0.5, 0.6) is 0 Å². The summed E-state index contributed by atoms with van der Waals surface area (Å²) in [6.07, 6.45) is 15.9. The molecule has 37 heavy (non-hydrogen) atoms. The van der Waals surface area contributed by atoms with Crippen molar-refractivity contribution in [3.8, 4) is 0 Å². The molecule has 6 nitrogen and oxygen atoms in total. The van der Waals surface area contributed by atoms with E-state index in [4.69, 9.17) is 0 Å². The van der Waals surface area contributed by atoms with Crippen LogP contribution in [-0.4, -0.2) is 37.4 Å². The van der Waals surface area contributed by atoms with Crippen LogP contribution in [-0.2, 0) is 14.8 Å². The molecule has 1 aromatic heterocycles. The van der Waals surface area contributed by atoms with E-state index in [1.54, 1.807) is 12.3 Å². The molecule has 0 bridgehead atoms. The van der Waals surface area contributed by atoms with Gasteiger partial charge in [0.25, 0.3) is 5.91 Å². The molecule has 206 valence electrons. The maximum absolute atomic E-state index is 12.5. The van der Waals surface area contributed by atoms with Gasteiger partial charge >= 0.3 is 0 Å². The average molecular weight is 548 g/mol. The Morgan fingerprint density at radius 2 is 1.51 bits per heavy atom. The number of amides is 1. The van der Waals surface area contributed by atoms with Crippen molar-refractivity contribution in [2.45, 2.75) is 86.1 Å². The van der Waals surface area contributed by atoms with E-state index in [2.05, 4.69) is 67.9 Å². The normalized spacial score (nSPS) is 13.8. The van der Waals surface area contributed by atoms with Crippen LogP contribution in [0.2, 0.25) is 0 Å². The number of nitrogens with one attached hydrogen (secondary N) is 2. The largest absolute Gasteiger partial charge is 0.358 e. The fourth-order valence-corrected chi connectivity index (χ4v) is 4.83. The Morgan fingerprint density at radius 1 is 0.946 bits per heavy atom. The smallest absolute Gasteiger partial charge is 0.256 e. The van der Waals surface area contributed by atoms with E-state index in [-0.39, 0.29) is 0 Å². The van der Waals surface area contributed by atoms with Gasteiger partial charge in [-0.05, 0) is 97.1 Å². The van der Waals surface area contributed by atoms with Crippen LogP contribution in [0.3, 0.4) is 0 Å². The number of anilines is 1. The molecular formula is C29H45N3O3S2. The lowest BCUT2D eigenvalue weighted by molar-refractivity contribution is -0.119. The van der Waals surface area contributed by atoms with Crippen LogP contribution in [0.15, 0.2) is 64.3 Å². The number of hydrogen-bond donors (Lipinski definition) is 2. The summed E-state index contributed by atoms with van der Waals surface area (Å²) in [7, 11) is -3.65. The van der Waals surface area contributed by atoms with Gasteiger partial charge < -0.3 is 5.32 Å². The molecule has 0 saturated carbocycles. The maximum Gasteiger partial charge on any atom is 0.256 e. The third kappa shape index (κ3) is 16.9. The second-order valence-corrected chi connectivity index (χ2v) is 12.6. The number of aryl methyl sites for hydroxylation is 1. The highest BCUT2D eigenvalue weighted by molar-refractivity contribution is 8.02. The zero-order valence-electron chi connectivity index (χ0n) is 23.6. The van der Waals surface area contributed by atoms with Gasteiger partial charge in [0, 0.05) is 11.9 Å². The van der Waals surface area contributed by atoms with E-state index < -0.39 is 22.0 Å². The summed E-state index contributed by atoms with van der Waals surface area (Å²) in [6, 6.07) is 2.93. The molecule has 0 fully saturated rings. The third-order valence-electron chi connectivity index (χ3n) is 5.54. The van der Waals surface area contributed by atoms with Gasteiger partial charge in [0.05, 0.1) is 6.26 Å². The Balaban J connectivity index is 2.54. The number of thioether (sulfide) groups is 1. The van der Waals surface area contributed by atoms with Crippen molar-refractivity contribution in [3.05, 3.63) is 69.8 Å². The van der Waals surface area contributed by atoms with Gasteiger partial charge in [-0.3, -0.25) is 9.52 Å². The van der Waals surface area contributed by atoms with Gasteiger partial charge in [0.2, 0.25) is 10.0 Å². The minimum Gasteiger partial charge on any atom is -0.358 e. The molecule has 1 rings (SSSR count). The highest BCUT2D eigenvalue weighted by atomic mass is 32.2. The lowest BCUT2D eigenvalue weighted by Crippen LogP contribution is -2.43. The van der Waals surface area contributed by atoms with Crippen LogP contribution in [0.25, 0.3) is 0 Å². The van der Waals surface area contributed by atoms with E-state index in [1.807, 2.05) is 18.4 Å². The molecule has 1 atom stereocenters. The predicted molar refractivity (Wildman–Crippen MR) is 160 cm³/mol. The summed E-state index contributed by atoms with van der Waals surface area (Å²) >= 11 is 1.49. The van der Waals surface area contributed by atoms with E-state index in [1.165, 1.54) is 34.1 Å². The monoisotopic (exact) mass is 547 g/mol. The van der Waals surface area contributed by atoms with Crippen LogP contribution in [0.4, 0.5) is 5.82 Å². The standard InChI is InChI=1S/C29H45N3O3S2/c1-22(2)11-8-12-23(3)13-9-14-24(4)15-10-16-26(6)20-36-21-27(29(33)32-37(7,34)35)31-28-18-17-25(5)19-30-28/h11,13,15,17-20,27H,8-10,12,14,16,21H2,1-7H3,(H,30,31)(H,32,33).